The van der Waals surface area contributed by atoms with E-state index < -0.39 is 16.4 Å². The molecule has 0 atom stereocenters. The summed E-state index contributed by atoms with van der Waals surface area (Å²) < 4.78 is 50.6. The van der Waals surface area contributed by atoms with E-state index in [9.17, 15) is 17.2 Å². The molecule has 0 aliphatic carbocycles. The molecule has 0 bridgehead atoms. The van der Waals surface area contributed by atoms with Crippen molar-refractivity contribution < 1.29 is 17.2 Å². The second-order valence-corrected chi connectivity index (χ2v) is 5.77. The number of aromatic nitrogens is 1. The van der Waals surface area contributed by atoms with E-state index >= 15 is 0 Å². The van der Waals surface area contributed by atoms with Gasteiger partial charge in [0, 0.05) is 37.9 Å². The highest BCUT2D eigenvalue weighted by molar-refractivity contribution is 7.89. The minimum atomic E-state index is -3.77. The fourth-order valence-corrected chi connectivity index (χ4v) is 3.13. The molecule has 8 heteroatoms. The van der Waals surface area contributed by atoms with Gasteiger partial charge in [0.2, 0.25) is 0 Å². The Bertz CT molecular complexity index is 516. The van der Waals surface area contributed by atoms with Crippen LogP contribution >= 0.6 is 0 Å². The maximum atomic E-state index is 12.5. The Balaban J connectivity index is 2.31. The molecule has 1 saturated heterocycles. The van der Waals surface area contributed by atoms with Crippen molar-refractivity contribution in [3.63, 3.8) is 0 Å². The summed E-state index contributed by atoms with van der Waals surface area (Å²) in [5.41, 5.74) is -0.335. The van der Waals surface area contributed by atoms with Crippen molar-refractivity contribution in [1.29, 1.82) is 0 Å². The van der Waals surface area contributed by atoms with Gasteiger partial charge in [-0.25, -0.2) is 22.2 Å². The molecule has 2 rings (SSSR count). The van der Waals surface area contributed by atoms with Crippen molar-refractivity contribution in [3.8, 4) is 0 Å². The van der Waals surface area contributed by atoms with Crippen molar-refractivity contribution in [1.82, 2.24) is 14.6 Å². The number of sulfonamides is 1. The van der Waals surface area contributed by atoms with E-state index in [-0.39, 0.29) is 10.6 Å². The third-order valence-electron chi connectivity index (χ3n) is 2.69. The van der Waals surface area contributed by atoms with Crippen LogP contribution in [-0.2, 0) is 10.0 Å². The van der Waals surface area contributed by atoms with E-state index in [1.165, 1.54) is 4.31 Å². The first-order valence-electron chi connectivity index (χ1n) is 5.47. The summed E-state index contributed by atoms with van der Waals surface area (Å²) in [6, 6.07) is 2.05. The number of piperazine rings is 1. The first-order chi connectivity index (χ1) is 8.51. The summed E-state index contributed by atoms with van der Waals surface area (Å²) in [5, 5.41) is 2.70. The van der Waals surface area contributed by atoms with Gasteiger partial charge >= 0.3 is 0 Å². The molecule has 1 aromatic rings. The van der Waals surface area contributed by atoms with E-state index in [0.29, 0.717) is 26.2 Å². The van der Waals surface area contributed by atoms with Crippen LogP contribution in [-0.4, -0.2) is 43.9 Å². The molecular weight excluding hydrogens is 264 g/mol. The van der Waals surface area contributed by atoms with E-state index in [4.69, 9.17) is 0 Å². The van der Waals surface area contributed by atoms with Gasteiger partial charge in [0.15, 0.2) is 5.03 Å². The average molecular weight is 277 g/mol. The number of nitrogens with one attached hydrogen (secondary N) is 1. The van der Waals surface area contributed by atoms with Crippen molar-refractivity contribution in [2.75, 3.05) is 26.2 Å². The lowest BCUT2D eigenvalue weighted by atomic mass is 10.3. The van der Waals surface area contributed by atoms with Crippen molar-refractivity contribution in [2.24, 2.45) is 0 Å². The maximum absolute atomic E-state index is 12.5. The molecule has 0 unspecified atom stereocenters. The number of alkyl halides is 2. The third kappa shape index (κ3) is 2.65. The van der Waals surface area contributed by atoms with Gasteiger partial charge in [-0.3, -0.25) is 0 Å². The van der Waals surface area contributed by atoms with Crippen LogP contribution in [0, 0.1) is 0 Å². The smallest absolute Gasteiger partial charge is 0.264 e. The molecule has 18 heavy (non-hydrogen) atoms. The van der Waals surface area contributed by atoms with Crippen molar-refractivity contribution in [3.05, 3.63) is 23.9 Å². The Morgan fingerprint density at radius 3 is 2.61 bits per heavy atom. The summed E-state index contributed by atoms with van der Waals surface area (Å²) >= 11 is 0. The first-order valence-corrected chi connectivity index (χ1v) is 6.91. The van der Waals surface area contributed by atoms with Crippen LogP contribution in [0.25, 0.3) is 0 Å². The normalized spacial score (nSPS) is 18.2. The van der Waals surface area contributed by atoms with Gasteiger partial charge in [-0.2, -0.15) is 4.31 Å². The first kappa shape index (κ1) is 13.3. The standard InChI is InChI=1S/C10H13F2N3O2S/c11-10(12)8-1-2-14-9(7-8)18(16,17)15-5-3-13-4-6-15/h1-2,7,10,13H,3-6H2. The molecule has 5 nitrogen and oxygen atoms in total. The minimum absolute atomic E-state index is 0.317. The van der Waals surface area contributed by atoms with Crippen LogP contribution in [0.4, 0.5) is 8.78 Å². The van der Waals surface area contributed by atoms with Crippen molar-refractivity contribution in [2.45, 2.75) is 11.5 Å². The molecule has 2 heterocycles. The Morgan fingerprint density at radius 1 is 1.33 bits per heavy atom. The second-order valence-electron chi connectivity index (χ2n) is 3.88. The van der Waals surface area contributed by atoms with E-state index in [1.54, 1.807) is 0 Å². The Hall–Kier alpha value is -1.12. The van der Waals surface area contributed by atoms with Crippen LogP contribution < -0.4 is 5.32 Å². The summed E-state index contributed by atoms with van der Waals surface area (Å²) in [6.45, 7) is 1.74. The molecule has 100 valence electrons. The van der Waals surface area contributed by atoms with Gasteiger partial charge in [-0.05, 0) is 12.1 Å². The molecule has 1 N–H and O–H groups in total. The molecule has 0 spiro atoms. The monoisotopic (exact) mass is 277 g/mol. The highest BCUT2D eigenvalue weighted by Crippen LogP contribution is 2.21. The highest BCUT2D eigenvalue weighted by atomic mass is 32.2. The van der Waals surface area contributed by atoms with Gasteiger partial charge in [-0.15, -0.1) is 0 Å². The molecule has 0 aromatic carbocycles. The molecule has 0 amide bonds. The number of rotatable bonds is 3. The zero-order valence-corrected chi connectivity index (χ0v) is 10.3. The Labute approximate surface area is 104 Å². The molecule has 1 aromatic heterocycles. The summed E-state index contributed by atoms with van der Waals surface area (Å²) in [4.78, 5) is 3.69. The van der Waals surface area contributed by atoms with Crippen LogP contribution in [0.3, 0.4) is 0 Å². The van der Waals surface area contributed by atoms with E-state index in [0.717, 1.165) is 18.3 Å². The second kappa shape index (κ2) is 5.25. The lowest BCUT2D eigenvalue weighted by molar-refractivity contribution is 0.151. The number of nitrogens with zero attached hydrogens (tertiary/aromatic N) is 2. The molecule has 1 aliphatic heterocycles. The summed E-state index contributed by atoms with van der Waals surface area (Å²) in [5.74, 6) is 0. The molecule has 0 saturated carbocycles. The molecular formula is C10H13F2N3O2S. The molecule has 1 aliphatic rings. The van der Waals surface area contributed by atoms with Crippen LogP contribution in [0.2, 0.25) is 0 Å². The van der Waals surface area contributed by atoms with Crippen LogP contribution in [0.5, 0.6) is 0 Å². The summed E-state index contributed by atoms with van der Waals surface area (Å²) in [6.07, 6.45) is -1.61. The fourth-order valence-electron chi connectivity index (χ4n) is 1.72. The van der Waals surface area contributed by atoms with E-state index in [1.807, 2.05) is 0 Å². The Morgan fingerprint density at radius 2 is 2.00 bits per heavy atom. The number of pyridine rings is 1. The number of hydrogen-bond donors (Lipinski definition) is 1. The fraction of sp³-hybridized carbons (Fsp3) is 0.500. The third-order valence-corrected chi connectivity index (χ3v) is 4.49. The minimum Gasteiger partial charge on any atom is -0.314 e. The highest BCUT2D eigenvalue weighted by Gasteiger charge is 2.27. The Kier molecular flexibility index (Phi) is 3.88. The topological polar surface area (TPSA) is 62.3 Å². The SMILES string of the molecule is O=S(=O)(c1cc(C(F)F)ccn1)N1CCNCC1. The van der Waals surface area contributed by atoms with Gasteiger partial charge in [0.05, 0.1) is 0 Å². The van der Waals surface area contributed by atoms with Gasteiger partial charge in [0.25, 0.3) is 16.4 Å². The van der Waals surface area contributed by atoms with Crippen molar-refractivity contribution >= 4 is 10.0 Å². The number of hydrogen-bond acceptors (Lipinski definition) is 4. The average Bonchev–Trinajstić information content (AvgIpc) is 2.40. The van der Waals surface area contributed by atoms with Gasteiger partial charge in [0.1, 0.15) is 0 Å². The lowest BCUT2D eigenvalue weighted by Gasteiger charge is -2.26. The quantitative estimate of drug-likeness (QED) is 0.879. The molecule has 0 radical (unpaired) electrons. The van der Waals surface area contributed by atoms with Gasteiger partial charge < -0.3 is 5.32 Å². The van der Waals surface area contributed by atoms with Crippen LogP contribution in [0.15, 0.2) is 23.4 Å². The maximum Gasteiger partial charge on any atom is 0.264 e. The van der Waals surface area contributed by atoms with Gasteiger partial charge in [-0.1, -0.05) is 0 Å². The molecule has 1 fully saturated rings. The van der Waals surface area contributed by atoms with E-state index in [2.05, 4.69) is 10.3 Å². The largest absolute Gasteiger partial charge is 0.314 e. The zero-order chi connectivity index (χ0) is 13.2. The zero-order valence-electron chi connectivity index (χ0n) is 9.51. The predicted octanol–water partition coefficient (Wildman–Crippen LogP) is 0.613. The summed E-state index contributed by atoms with van der Waals surface area (Å²) in [7, 11) is -3.77. The predicted molar refractivity (Wildman–Crippen MR) is 60.8 cm³/mol. The van der Waals surface area contributed by atoms with Crippen LogP contribution in [0.1, 0.15) is 12.0 Å². The number of halogens is 2. The lowest BCUT2D eigenvalue weighted by Crippen LogP contribution is -2.46.